The van der Waals surface area contributed by atoms with Crippen molar-refractivity contribution in [3.05, 3.63) is 122 Å². The average molecular weight is 539 g/mol. The van der Waals surface area contributed by atoms with Crippen LogP contribution in [0.15, 0.2) is 83.3 Å². The van der Waals surface area contributed by atoms with Gasteiger partial charge in [-0.05, 0) is 73.7 Å². The minimum Gasteiger partial charge on any atom is -0.489 e. The first-order chi connectivity index (χ1) is 19.2. The number of rotatable bonds is 6. The van der Waals surface area contributed by atoms with E-state index in [4.69, 9.17) is 10.5 Å². The molecule has 5 rings (SSSR count). The number of Topliss-reactive ketones (excluding diaryl/α,β-unsaturated/α-hetero) is 1. The largest absolute Gasteiger partial charge is 0.489 e. The summed E-state index contributed by atoms with van der Waals surface area (Å²) in [5.74, 6) is -0.457. The fourth-order valence-electron chi connectivity index (χ4n) is 5.54. The zero-order valence-corrected chi connectivity index (χ0v) is 22.1. The fraction of sp³-hybridized carbons (Fsp3) is 0.226. The Hall–Kier alpha value is -4.97. The third-order valence-electron chi connectivity index (χ3n) is 7.43. The van der Waals surface area contributed by atoms with E-state index in [9.17, 15) is 24.6 Å². The topological polar surface area (TPSA) is 122 Å². The summed E-state index contributed by atoms with van der Waals surface area (Å²) in [5, 5.41) is 21.8. The van der Waals surface area contributed by atoms with Crippen LogP contribution in [0.4, 0.5) is 15.8 Å². The van der Waals surface area contributed by atoms with Crippen LogP contribution < -0.4 is 15.4 Å². The molecule has 0 saturated heterocycles. The number of non-ortho nitro benzene ring substituents is 1. The summed E-state index contributed by atoms with van der Waals surface area (Å²) in [6.45, 7) is 4.06. The molecule has 40 heavy (non-hydrogen) atoms. The first kappa shape index (κ1) is 26.6. The van der Waals surface area contributed by atoms with Gasteiger partial charge in [-0.1, -0.05) is 23.8 Å². The monoisotopic (exact) mass is 538 g/mol. The van der Waals surface area contributed by atoms with E-state index in [0.29, 0.717) is 42.0 Å². The fourth-order valence-corrected chi connectivity index (χ4v) is 5.54. The summed E-state index contributed by atoms with van der Waals surface area (Å²) in [5.41, 5.74) is 11.7. The van der Waals surface area contributed by atoms with Crippen LogP contribution in [0, 0.1) is 41.1 Å². The smallest absolute Gasteiger partial charge is 0.271 e. The summed E-state index contributed by atoms with van der Waals surface area (Å²) < 4.78 is 19.2. The maximum Gasteiger partial charge on any atom is 0.271 e. The summed E-state index contributed by atoms with van der Waals surface area (Å²) in [7, 11) is 0. The normalized spacial score (nSPS) is 17.0. The molecule has 0 saturated carbocycles. The van der Waals surface area contributed by atoms with Gasteiger partial charge in [0.15, 0.2) is 5.78 Å². The molecule has 3 aromatic carbocycles. The number of nitrogens with zero attached hydrogens (tertiary/aromatic N) is 3. The molecule has 0 aromatic heterocycles. The van der Waals surface area contributed by atoms with E-state index in [1.54, 1.807) is 29.2 Å². The minimum atomic E-state index is -0.688. The number of hydrogen-bond donors (Lipinski definition) is 1. The Labute approximate surface area is 230 Å². The Bertz CT molecular complexity index is 1640. The quantitative estimate of drug-likeness (QED) is 0.291. The number of ketones is 1. The summed E-state index contributed by atoms with van der Waals surface area (Å²) in [6.07, 6.45) is 1.47. The molecule has 2 aliphatic rings. The molecule has 0 bridgehead atoms. The van der Waals surface area contributed by atoms with Crippen LogP contribution in [-0.2, 0) is 11.4 Å². The molecule has 0 radical (unpaired) electrons. The standard InChI is InChI=1S/C31H27FN4O4/c1-18-13-20(17-40-24-11-9-21(32)10-12-24)19(2)25(14-18)29-26(16-33)31(34)35(27-7-4-8-28(37)30(27)29)22-5-3-6-23(15-22)36(38)39/h3,5-6,9-15,29H,4,7-8,17,34H2,1-2H3. The highest BCUT2D eigenvalue weighted by molar-refractivity contribution is 6.01. The number of anilines is 1. The molecule has 1 heterocycles. The third kappa shape index (κ3) is 4.80. The highest BCUT2D eigenvalue weighted by Crippen LogP contribution is 2.47. The number of allylic oxidation sites excluding steroid dienone is 3. The first-order valence-electron chi connectivity index (χ1n) is 12.9. The molecule has 2 N–H and O–H groups in total. The maximum absolute atomic E-state index is 13.5. The molecule has 0 amide bonds. The number of nitrogens with two attached hydrogens (primary N) is 1. The van der Waals surface area contributed by atoms with Gasteiger partial charge in [-0.25, -0.2) is 4.39 Å². The second kappa shape index (κ2) is 10.7. The number of aryl methyl sites for hydroxylation is 1. The Morgan fingerprint density at radius 1 is 1.15 bits per heavy atom. The zero-order chi connectivity index (χ0) is 28.6. The van der Waals surface area contributed by atoms with E-state index < -0.39 is 10.8 Å². The van der Waals surface area contributed by atoms with E-state index in [1.165, 1.54) is 24.3 Å². The zero-order valence-electron chi connectivity index (χ0n) is 22.1. The van der Waals surface area contributed by atoms with Crippen LogP contribution in [0.5, 0.6) is 5.75 Å². The van der Waals surface area contributed by atoms with Crippen LogP contribution in [0.2, 0.25) is 0 Å². The van der Waals surface area contributed by atoms with Gasteiger partial charge in [0.1, 0.15) is 24.0 Å². The van der Waals surface area contributed by atoms with Crippen molar-refractivity contribution >= 4 is 17.2 Å². The van der Waals surface area contributed by atoms with E-state index in [-0.39, 0.29) is 35.3 Å². The van der Waals surface area contributed by atoms with E-state index >= 15 is 0 Å². The Kier molecular flexibility index (Phi) is 7.09. The summed E-state index contributed by atoms with van der Waals surface area (Å²) in [6, 6.07) is 18.0. The van der Waals surface area contributed by atoms with E-state index in [1.807, 2.05) is 26.0 Å². The molecule has 0 spiro atoms. The molecule has 9 heteroatoms. The van der Waals surface area contributed by atoms with Crippen molar-refractivity contribution in [3.63, 3.8) is 0 Å². The van der Waals surface area contributed by atoms with Gasteiger partial charge in [0.2, 0.25) is 0 Å². The molecule has 1 atom stereocenters. The molecule has 1 aliphatic carbocycles. The maximum atomic E-state index is 13.5. The Morgan fingerprint density at radius 2 is 1.90 bits per heavy atom. The lowest BCUT2D eigenvalue weighted by Crippen LogP contribution is -2.39. The van der Waals surface area contributed by atoms with Crippen molar-refractivity contribution in [2.75, 3.05) is 4.90 Å². The number of halogens is 1. The molecule has 1 aliphatic heterocycles. The van der Waals surface area contributed by atoms with Gasteiger partial charge in [-0.15, -0.1) is 0 Å². The SMILES string of the molecule is Cc1cc(COc2ccc(F)cc2)c(C)c(C2C(C#N)=C(N)N(c3cccc([N+](=O)[O-])c3)C3=C2C(=O)CCC3)c1. The average Bonchev–Trinajstić information content (AvgIpc) is 2.93. The van der Waals surface area contributed by atoms with Crippen molar-refractivity contribution in [2.24, 2.45) is 5.73 Å². The van der Waals surface area contributed by atoms with Crippen LogP contribution >= 0.6 is 0 Å². The number of nitro benzene ring substituents is 1. The van der Waals surface area contributed by atoms with Crippen LogP contribution in [0.25, 0.3) is 0 Å². The highest BCUT2D eigenvalue weighted by atomic mass is 19.1. The van der Waals surface area contributed by atoms with E-state index in [2.05, 4.69) is 6.07 Å². The number of carbonyl (C=O) groups excluding carboxylic acids is 1. The van der Waals surface area contributed by atoms with Gasteiger partial charge in [0, 0.05) is 29.8 Å². The number of benzene rings is 3. The van der Waals surface area contributed by atoms with Gasteiger partial charge >= 0.3 is 0 Å². The summed E-state index contributed by atoms with van der Waals surface area (Å²) in [4.78, 5) is 26.1. The molecule has 3 aromatic rings. The molecule has 8 nitrogen and oxygen atoms in total. The molecular formula is C31H27FN4O4. The van der Waals surface area contributed by atoms with Gasteiger partial charge in [0.05, 0.1) is 28.2 Å². The predicted octanol–water partition coefficient (Wildman–Crippen LogP) is 6.23. The second-order valence-corrected chi connectivity index (χ2v) is 9.97. The number of hydrogen-bond acceptors (Lipinski definition) is 7. The Balaban J connectivity index is 1.63. The first-order valence-corrected chi connectivity index (χ1v) is 12.9. The van der Waals surface area contributed by atoms with Gasteiger partial charge in [0.25, 0.3) is 5.69 Å². The third-order valence-corrected chi connectivity index (χ3v) is 7.43. The lowest BCUT2D eigenvalue weighted by Gasteiger charge is -2.40. The number of ether oxygens (including phenoxy) is 1. The number of nitro groups is 1. The predicted molar refractivity (Wildman–Crippen MR) is 148 cm³/mol. The van der Waals surface area contributed by atoms with Crippen molar-refractivity contribution in [1.82, 2.24) is 0 Å². The van der Waals surface area contributed by atoms with Gasteiger partial charge in [-0.2, -0.15) is 5.26 Å². The highest BCUT2D eigenvalue weighted by Gasteiger charge is 2.41. The number of carbonyl (C=O) groups is 1. The van der Waals surface area contributed by atoms with Crippen LogP contribution in [0.1, 0.15) is 47.4 Å². The second-order valence-electron chi connectivity index (χ2n) is 9.97. The van der Waals surface area contributed by atoms with E-state index in [0.717, 1.165) is 22.3 Å². The lowest BCUT2D eigenvalue weighted by molar-refractivity contribution is -0.384. The molecule has 202 valence electrons. The summed E-state index contributed by atoms with van der Waals surface area (Å²) >= 11 is 0. The molecular weight excluding hydrogens is 511 g/mol. The van der Waals surface area contributed by atoms with Crippen molar-refractivity contribution in [3.8, 4) is 11.8 Å². The Morgan fingerprint density at radius 3 is 2.60 bits per heavy atom. The lowest BCUT2D eigenvalue weighted by atomic mass is 9.73. The van der Waals surface area contributed by atoms with Gasteiger partial charge < -0.3 is 10.5 Å². The van der Waals surface area contributed by atoms with Crippen molar-refractivity contribution < 1.29 is 18.8 Å². The van der Waals surface area contributed by atoms with Crippen molar-refractivity contribution in [2.45, 2.75) is 45.6 Å². The van der Waals surface area contributed by atoms with Gasteiger partial charge in [-0.3, -0.25) is 19.8 Å². The van der Waals surface area contributed by atoms with Crippen molar-refractivity contribution in [1.29, 1.82) is 5.26 Å². The van der Waals surface area contributed by atoms with Crippen LogP contribution in [-0.4, -0.2) is 10.7 Å². The number of nitriles is 1. The minimum absolute atomic E-state index is 0.0769. The molecule has 0 fully saturated rings. The van der Waals surface area contributed by atoms with Crippen LogP contribution in [0.3, 0.4) is 0 Å². The molecule has 1 unspecified atom stereocenters.